The summed E-state index contributed by atoms with van der Waals surface area (Å²) in [5.41, 5.74) is 0.997. The van der Waals surface area contributed by atoms with Gasteiger partial charge in [0.05, 0.1) is 24.8 Å². The molecule has 0 radical (unpaired) electrons. The van der Waals surface area contributed by atoms with Crippen LogP contribution in [0, 0.1) is 11.3 Å². The van der Waals surface area contributed by atoms with Crippen molar-refractivity contribution < 1.29 is 14.3 Å². The largest absolute Gasteiger partial charge is 0.379 e. The molecule has 0 aliphatic carbocycles. The fourth-order valence-electron chi connectivity index (χ4n) is 2.51. The Labute approximate surface area is 141 Å². The van der Waals surface area contributed by atoms with E-state index >= 15 is 0 Å². The number of nitrogens with zero attached hydrogens (tertiary/aromatic N) is 3. The lowest BCUT2D eigenvalue weighted by Crippen LogP contribution is -2.44. The molecular formula is C17H22N4O3. The summed E-state index contributed by atoms with van der Waals surface area (Å²) in [4.78, 5) is 27.5. The van der Waals surface area contributed by atoms with Crippen LogP contribution in [-0.2, 0) is 14.3 Å². The molecule has 1 fully saturated rings. The van der Waals surface area contributed by atoms with Crippen molar-refractivity contribution in [1.29, 1.82) is 5.26 Å². The molecule has 2 amide bonds. The zero-order valence-corrected chi connectivity index (χ0v) is 13.8. The lowest BCUT2D eigenvalue weighted by atomic mass is 10.2. The van der Waals surface area contributed by atoms with Gasteiger partial charge in [-0.05, 0) is 18.2 Å². The summed E-state index contributed by atoms with van der Waals surface area (Å²) in [6.07, 6.45) is 0. The topological polar surface area (TPSA) is 85.7 Å². The van der Waals surface area contributed by atoms with Gasteiger partial charge in [-0.3, -0.25) is 14.5 Å². The number of nitrogens with one attached hydrogen (secondary N) is 1. The Kier molecular flexibility index (Phi) is 6.73. The first-order valence-electron chi connectivity index (χ1n) is 7.95. The van der Waals surface area contributed by atoms with Crippen molar-refractivity contribution in [2.45, 2.75) is 6.92 Å². The molecule has 1 aromatic rings. The van der Waals surface area contributed by atoms with Crippen molar-refractivity contribution in [3.05, 3.63) is 29.8 Å². The number of anilines is 1. The van der Waals surface area contributed by atoms with E-state index in [1.54, 1.807) is 24.3 Å². The number of morpholine rings is 1. The molecule has 24 heavy (non-hydrogen) atoms. The third-order valence-electron chi connectivity index (χ3n) is 3.82. The monoisotopic (exact) mass is 330 g/mol. The van der Waals surface area contributed by atoms with Gasteiger partial charge < -0.3 is 15.0 Å². The average molecular weight is 330 g/mol. The number of carbonyl (C=O) groups excluding carboxylic acids is 2. The van der Waals surface area contributed by atoms with E-state index in [1.807, 2.05) is 6.07 Å². The molecule has 1 heterocycles. The minimum Gasteiger partial charge on any atom is -0.379 e. The zero-order valence-electron chi connectivity index (χ0n) is 13.8. The van der Waals surface area contributed by atoms with Crippen LogP contribution in [0.3, 0.4) is 0 Å². The molecule has 1 saturated heterocycles. The number of amides is 2. The van der Waals surface area contributed by atoms with Crippen molar-refractivity contribution >= 4 is 17.5 Å². The Hall–Kier alpha value is -2.43. The van der Waals surface area contributed by atoms with Crippen LogP contribution in [0.25, 0.3) is 0 Å². The van der Waals surface area contributed by atoms with Crippen molar-refractivity contribution in [2.75, 3.05) is 50.8 Å². The maximum atomic E-state index is 12.1. The van der Waals surface area contributed by atoms with Crippen LogP contribution in [-0.4, -0.2) is 62.7 Å². The number of hydrogen-bond acceptors (Lipinski definition) is 5. The van der Waals surface area contributed by atoms with Gasteiger partial charge in [0, 0.05) is 38.8 Å². The van der Waals surface area contributed by atoms with E-state index in [1.165, 1.54) is 11.8 Å². The molecule has 0 aromatic heterocycles. The third kappa shape index (κ3) is 5.33. The first-order valence-corrected chi connectivity index (χ1v) is 7.95. The molecule has 0 atom stereocenters. The zero-order chi connectivity index (χ0) is 17.4. The van der Waals surface area contributed by atoms with Gasteiger partial charge in [0.2, 0.25) is 11.8 Å². The van der Waals surface area contributed by atoms with Gasteiger partial charge in [0.15, 0.2) is 0 Å². The molecule has 7 nitrogen and oxygen atoms in total. The minimum atomic E-state index is -0.242. The normalized spacial score (nSPS) is 14.7. The van der Waals surface area contributed by atoms with Crippen LogP contribution in [0.5, 0.6) is 0 Å². The van der Waals surface area contributed by atoms with Gasteiger partial charge in [-0.2, -0.15) is 5.26 Å². The smallest absolute Gasteiger partial charge is 0.240 e. The van der Waals surface area contributed by atoms with Crippen LogP contribution < -0.4 is 10.2 Å². The molecule has 7 heteroatoms. The molecule has 0 bridgehead atoms. The lowest BCUT2D eigenvalue weighted by molar-refractivity contribution is -0.123. The number of nitriles is 1. The fourth-order valence-corrected chi connectivity index (χ4v) is 2.51. The number of benzene rings is 1. The van der Waals surface area contributed by atoms with Crippen LogP contribution in [0.2, 0.25) is 0 Å². The van der Waals surface area contributed by atoms with Crippen molar-refractivity contribution in [3.8, 4) is 6.07 Å². The second-order valence-corrected chi connectivity index (χ2v) is 5.57. The van der Waals surface area contributed by atoms with Gasteiger partial charge in [-0.25, -0.2) is 0 Å². The van der Waals surface area contributed by atoms with Crippen LogP contribution >= 0.6 is 0 Å². The van der Waals surface area contributed by atoms with Gasteiger partial charge in [-0.15, -0.1) is 0 Å². The van der Waals surface area contributed by atoms with Crippen LogP contribution in [0.4, 0.5) is 5.69 Å². The van der Waals surface area contributed by atoms with Crippen molar-refractivity contribution in [2.24, 2.45) is 0 Å². The third-order valence-corrected chi connectivity index (χ3v) is 3.82. The highest BCUT2D eigenvalue weighted by Gasteiger charge is 2.16. The Morgan fingerprint density at radius 1 is 1.38 bits per heavy atom. The van der Waals surface area contributed by atoms with Gasteiger partial charge in [-0.1, -0.05) is 6.07 Å². The SMILES string of the molecule is CC(=O)N(CC(=O)NCCN1CCOCC1)c1cccc(C#N)c1. The minimum absolute atomic E-state index is 0.0622. The summed E-state index contributed by atoms with van der Waals surface area (Å²) in [5.74, 6) is -0.464. The highest BCUT2D eigenvalue weighted by atomic mass is 16.5. The van der Waals surface area contributed by atoms with E-state index in [0.29, 0.717) is 17.8 Å². The first kappa shape index (κ1) is 17.9. The number of hydrogen-bond donors (Lipinski definition) is 1. The Morgan fingerprint density at radius 2 is 2.12 bits per heavy atom. The summed E-state index contributed by atoms with van der Waals surface area (Å²) in [5, 5.41) is 11.8. The quantitative estimate of drug-likeness (QED) is 0.814. The van der Waals surface area contributed by atoms with Gasteiger partial charge >= 0.3 is 0 Å². The van der Waals surface area contributed by atoms with Crippen LogP contribution in [0.1, 0.15) is 12.5 Å². The maximum absolute atomic E-state index is 12.1. The molecule has 128 valence electrons. The molecule has 0 saturated carbocycles. The maximum Gasteiger partial charge on any atom is 0.240 e. The summed E-state index contributed by atoms with van der Waals surface area (Å²) >= 11 is 0. The number of carbonyl (C=O) groups is 2. The second kappa shape index (κ2) is 9.01. The molecule has 0 unspecified atom stereocenters. The Balaban J connectivity index is 1.86. The summed E-state index contributed by atoms with van der Waals surface area (Å²) in [6, 6.07) is 8.69. The number of ether oxygens (including phenoxy) is 1. The van der Waals surface area contributed by atoms with E-state index in [-0.39, 0.29) is 18.4 Å². The van der Waals surface area contributed by atoms with Crippen LogP contribution in [0.15, 0.2) is 24.3 Å². The van der Waals surface area contributed by atoms with Crippen molar-refractivity contribution in [1.82, 2.24) is 10.2 Å². The molecule has 1 aliphatic rings. The predicted octanol–water partition coefficient (Wildman–Crippen LogP) is 0.360. The Morgan fingerprint density at radius 3 is 2.79 bits per heavy atom. The van der Waals surface area contributed by atoms with E-state index in [9.17, 15) is 9.59 Å². The van der Waals surface area contributed by atoms with E-state index in [2.05, 4.69) is 10.2 Å². The van der Waals surface area contributed by atoms with Crippen molar-refractivity contribution in [3.63, 3.8) is 0 Å². The molecule has 2 rings (SSSR count). The lowest BCUT2D eigenvalue weighted by Gasteiger charge is -2.26. The van der Waals surface area contributed by atoms with E-state index < -0.39 is 0 Å². The summed E-state index contributed by atoms with van der Waals surface area (Å²) in [7, 11) is 0. The standard InChI is InChI=1S/C17H22N4O3/c1-14(22)21(16-4-2-3-15(11-16)12-18)13-17(23)19-5-6-20-7-9-24-10-8-20/h2-4,11H,5-10,13H2,1H3,(H,19,23). The number of rotatable bonds is 6. The Bertz CT molecular complexity index is 621. The molecular weight excluding hydrogens is 308 g/mol. The second-order valence-electron chi connectivity index (χ2n) is 5.57. The average Bonchev–Trinajstić information content (AvgIpc) is 2.60. The predicted molar refractivity (Wildman–Crippen MR) is 89.5 cm³/mol. The summed E-state index contributed by atoms with van der Waals surface area (Å²) < 4.78 is 5.28. The fraction of sp³-hybridized carbons (Fsp3) is 0.471. The molecule has 1 aliphatic heterocycles. The summed E-state index contributed by atoms with van der Waals surface area (Å²) in [6.45, 7) is 5.82. The molecule has 0 spiro atoms. The highest BCUT2D eigenvalue weighted by Crippen LogP contribution is 2.15. The molecule has 1 aromatic carbocycles. The van der Waals surface area contributed by atoms with Gasteiger partial charge in [0.1, 0.15) is 6.54 Å². The highest BCUT2D eigenvalue weighted by molar-refractivity contribution is 5.97. The molecule has 1 N–H and O–H groups in total. The van der Waals surface area contributed by atoms with Gasteiger partial charge in [0.25, 0.3) is 0 Å². The first-order chi connectivity index (χ1) is 11.6. The van der Waals surface area contributed by atoms with E-state index in [4.69, 9.17) is 10.00 Å². The van der Waals surface area contributed by atoms with E-state index in [0.717, 1.165) is 32.8 Å².